The second kappa shape index (κ2) is 7.98. The van der Waals surface area contributed by atoms with E-state index in [2.05, 4.69) is 4.72 Å². The summed E-state index contributed by atoms with van der Waals surface area (Å²) in [7, 11) is -1.81. The maximum absolute atomic E-state index is 11.8. The van der Waals surface area contributed by atoms with Crippen LogP contribution in [-0.2, 0) is 14.8 Å². The van der Waals surface area contributed by atoms with Gasteiger partial charge in [-0.05, 0) is 18.6 Å². The average Bonchev–Trinajstić information content (AvgIpc) is 2.36. The van der Waals surface area contributed by atoms with Crippen molar-refractivity contribution in [3.8, 4) is 5.75 Å². The number of hydrogen-bond donors (Lipinski definition) is 2. The Morgan fingerprint density at radius 2 is 2.11 bits per heavy atom. The Morgan fingerprint density at radius 3 is 2.79 bits per heavy atom. The van der Waals surface area contributed by atoms with Gasteiger partial charge in [-0.15, -0.1) is 0 Å². The molecule has 0 saturated carbocycles. The summed E-state index contributed by atoms with van der Waals surface area (Å²) in [5.74, 6) is 0.608. The number of hydrogen-bond acceptors (Lipinski definition) is 5. The molecule has 0 spiro atoms. The minimum Gasteiger partial charge on any atom is -0.492 e. The lowest BCUT2D eigenvalue weighted by atomic mass is 10.3. The van der Waals surface area contributed by atoms with Crippen molar-refractivity contribution in [2.45, 2.75) is 6.42 Å². The molecule has 0 fully saturated rings. The van der Waals surface area contributed by atoms with E-state index in [4.69, 9.17) is 15.2 Å². The van der Waals surface area contributed by atoms with Gasteiger partial charge in [-0.2, -0.15) is 0 Å². The molecule has 0 radical (unpaired) electrons. The smallest absolute Gasteiger partial charge is 0.232 e. The van der Waals surface area contributed by atoms with Crippen molar-refractivity contribution < 1.29 is 17.9 Å². The fourth-order valence-electron chi connectivity index (χ4n) is 1.45. The van der Waals surface area contributed by atoms with Crippen LogP contribution in [-0.4, -0.2) is 41.0 Å². The quantitative estimate of drug-likeness (QED) is 0.656. The van der Waals surface area contributed by atoms with Crippen molar-refractivity contribution in [2.24, 2.45) is 5.73 Å². The molecule has 6 nitrogen and oxygen atoms in total. The lowest BCUT2D eigenvalue weighted by molar-refractivity contribution is 0.199. The molecule has 0 aliphatic rings. The van der Waals surface area contributed by atoms with Gasteiger partial charge in [0.1, 0.15) is 12.4 Å². The van der Waals surface area contributed by atoms with Crippen LogP contribution in [0.2, 0.25) is 0 Å². The van der Waals surface area contributed by atoms with Gasteiger partial charge in [-0.25, -0.2) is 8.42 Å². The highest BCUT2D eigenvalue weighted by Crippen LogP contribution is 2.18. The maximum atomic E-state index is 11.8. The minimum atomic E-state index is -3.35. The minimum absolute atomic E-state index is 0.0225. The van der Waals surface area contributed by atoms with Crippen LogP contribution in [0.1, 0.15) is 6.42 Å². The van der Waals surface area contributed by atoms with Crippen molar-refractivity contribution in [1.82, 2.24) is 0 Å². The molecular formula is C12H20N2O4S. The van der Waals surface area contributed by atoms with Gasteiger partial charge < -0.3 is 15.2 Å². The zero-order valence-corrected chi connectivity index (χ0v) is 11.8. The van der Waals surface area contributed by atoms with E-state index in [1.165, 1.54) is 7.11 Å². The number of methoxy groups -OCH3 is 1. The summed E-state index contributed by atoms with van der Waals surface area (Å²) in [6, 6.07) is 6.77. The van der Waals surface area contributed by atoms with Crippen LogP contribution in [0.3, 0.4) is 0 Å². The van der Waals surface area contributed by atoms with E-state index in [-0.39, 0.29) is 5.75 Å². The molecule has 1 aromatic rings. The van der Waals surface area contributed by atoms with E-state index in [1.807, 2.05) is 0 Å². The molecule has 0 unspecified atom stereocenters. The third-order valence-corrected chi connectivity index (χ3v) is 3.63. The summed E-state index contributed by atoms with van der Waals surface area (Å²) in [5, 5.41) is 0. The molecule has 108 valence electrons. The largest absolute Gasteiger partial charge is 0.492 e. The molecule has 0 aliphatic carbocycles. The Morgan fingerprint density at radius 1 is 1.32 bits per heavy atom. The second-order valence-corrected chi connectivity index (χ2v) is 5.77. The molecule has 0 aromatic heterocycles. The van der Waals surface area contributed by atoms with E-state index >= 15 is 0 Å². The average molecular weight is 288 g/mol. The van der Waals surface area contributed by atoms with E-state index in [1.54, 1.807) is 24.3 Å². The zero-order valence-electron chi connectivity index (χ0n) is 11.0. The summed E-state index contributed by atoms with van der Waals surface area (Å²) in [5.41, 5.74) is 5.81. The van der Waals surface area contributed by atoms with Gasteiger partial charge in [-0.3, -0.25) is 4.72 Å². The Balaban J connectivity index is 2.60. The molecular weight excluding hydrogens is 268 g/mol. The SMILES string of the molecule is COCCCS(=O)(=O)Nc1cccc(OCCN)c1. The van der Waals surface area contributed by atoms with E-state index in [0.29, 0.717) is 37.6 Å². The predicted octanol–water partition coefficient (Wildman–Crippen LogP) is 0.802. The summed E-state index contributed by atoms with van der Waals surface area (Å²) in [6.07, 6.45) is 0.454. The van der Waals surface area contributed by atoms with Crippen molar-refractivity contribution in [3.63, 3.8) is 0 Å². The number of nitrogens with two attached hydrogens (primary N) is 1. The summed E-state index contributed by atoms with van der Waals surface area (Å²) in [4.78, 5) is 0. The van der Waals surface area contributed by atoms with Crippen molar-refractivity contribution >= 4 is 15.7 Å². The molecule has 3 N–H and O–H groups in total. The third-order valence-electron chi connectivity index (χ3n) is 2.26. The number of rotatable bonds is 9. The van der Waals surface area contributed by atoms with E-state index < -0.39 is 10.0 Å². The predicted molar refractivity (Wildman–Crippen MR) is 74.9 cm³/mol. The zero-order chi connectivity index (χ0) is 14.1. The monoisotopic (exact) mass is 288 g/mol. The Kier molecular flexibility index (Phi) is 6.61. The van der Waals surface area contributed by atoms with Crippen LogP contribution < -0.4 is 15.2 Å². The number of ether oxygens (including phenoxy) is 2. The van der Waals surface area contributed by atoms with E-state index in [9.17, 15) is 8.42 Å². The number of sulfonamides is 1. The van der Waals surface area contributed by atoms with Gasteiger partial charge >= 0.3 is 0 Å². The van der Waals surface area contributed by atoms with Gasteiger partial charge in [-0.1, -0.05) is 6.07 Å². The highest BCUT2D eigenvalue weighted by atomic mass is 32.2. The van der Waals surface area contributed by atoms with Crippen LogP contribution in [0, 0.1) is 0 Å². The standard InChI is InChI=1S/C12H20N2O4S/c1-17-7-3-9-19(15,16)14-11-4-2-5-12(10-11)18-8-6-13/h2,4-5,10,14H,3,6-9,13H2,1H3. The van der Waals surface area contributed by atoms with Crippen LogP contribution >= 0.6 is 0 Å². The Labute approximate surface area is 113 Å². The van der Waals surface area contributed by atoms with Crippen LogP contribution in [0.5, 0.6) is 5.75 Å². The normalized spacial score (nSPS) is 11.3. The topological polar surface area (TPSA) is 90.7 Å². The van der Waals surface area contributed by atoms with Crippen LogP contribution in [0.15, 0.2) is 24.3 Å². The van der Waals surface area contributed by atoms with Crippen LogP contribution in [0.25, 0.3) is 0 Å². The molecule has 7 heteroatoms. The molecule has 0 aliphatic heterocycles. The van der Waals surface area contributed by atoms with Crippen molar-refractivity contribution in [2.75, 3.05) is 37.3 Å². The highest BCUT2D eigenvalue weighted by molar-refractivity contribution is 7.92. The summed E-state index contributed by atoms with van der Waals surface area (Å²) >= 11 is 0. The number of anilines is 1. The molecule has 0 amide bonds. The molecule has 1 aromatic carbocycles. The lowest BCUT2D eigenvalue weighted by Crippen LogP contribution is -2.17. The lowest BCUT2D eigenvalue weighted by Gasteiger charge is -2.10. The molecule has 0 bridgehead atoms. The number of benzene rings is 1. The van der Waals surface area contributed by atoms with Gasteiger partial charge in [0.2, 0.25) is 10.0 Å². The first-order valence-corrected chi connectivity index (χ1v) is 7.65. The van der Waals surface area contributed by atoms with Crippen molar-refractivity contribution in [1.29, 1.82) is 0 Å². The Hall–Kier alpha value is -1.31. The number of nitrogens with one attached hydrogen (secondary N) is 1. The van der Waals surface area contributed by atoms with Gasteiger partial charge in [0.05, 0.1) is 11.4 Å². The van der Waals surface area contributed by atoms with E-state index in [0.717, 1.165) is 0 Å². The first-order chi connectivity index (χ1) is 9.07. The molecule has 0 heterocycles. The first kappa shape index (κ1) is 15.7. The first-order valence-electron chi connectivity index (χ1n) is 6.00. The molecule has 1 rings (SSSR count). The molecule has 0 atom stereocenters. The van der Waals surface area contributed by atoms with Crippen molar-refractivity contribution in [3.05, 3.63) is 24.3 Å². The third kappa shape index (κ3) is 6.42. The molecule has 0 saturated heterocycles. The second-order valence-electron chi connectivity index (χ2n) is 3.93. The maximum Gasteiger partial charge on any atom is 0.232 e. The van der Waals surface area contributed by atoms with Gasteiger partial charge in [0, 0.05) is 26.3 Å². The summed E-state index contributed by atoms with van der Waals surface area (Å²) < 4.78 is 36.2. The summed E-state index contributed by atoms with van der Waals surface area (Å²) in [6.45, 7) is 1.22. The Bertz CT molecular complexity index is 476. The van der Waals surface area contributed by atoms with Crippen LogP contribution in [0.4, 0.5) is 5.69 Å². The highest BCUT2D eigenvalue weighted by Gasteiger charge is 2.10. The molecule has 19 heavy (non-hydrogen) atoms. The fourth-order valence-corrected chi connectivity index (χ4v) is 2.54. The van der Waals surface area contributed by atoms with Gasteiger partial charge in [0.25, 0.3) is 0 Å². The fraction of sp³-hybridized carbons (Fsp3) is 0.500. The van der Waals surface area contributed by atoms with Gasteiger partial charge in [0.15, 0.2) is 0 Å².